The van der Waals surface area contributed by atoms with Crippen molar-refractivity contribution in [2.75, 3.05) is 0 Å². The van der Waals surface area contributed by atoms with Gasteiger partial charge in [-0.3, -0.25) is 14.4 Å². The molecule has 0 aliphatic rings. The van der Waals surface area contributed by atoms with Crippen LogP contribution < -0.4 is 4.62 Å². The summed E-state index contributed by atoms with van der Waals surface area (Å²) >= 11 is 0. The molecule has 0 atom stereocenters. The molecule has 1 heterocycles. The summed E-state index contributed by atoms with van der Waals surface area (Å²) in [6.45, 7) is 0. The van der Waals surface area contributed by atoms with Crippen molar-refractivity contribution < 1.29 is 19.0 Å². The van der Waals surface area contributed by atoms with E-state index in [2.05, 4.69) is 9.72 Å². The number of phosphoric acid groups is 1. The molecule has 0 fully saturated rings. The largest absolute Gasteiger partial charge is 0.545 e. The first-order valence-corrected chi connectivity index (χ1v) is 3.86. The van der Waals surface area contributed by atoms with E-state index >= 15 is 0 Å². The van der Waals surface area contributed by atoms with Crippen molar-refractivity contribution in [1.29, 1.82) is 0 Å². The van der Waals surface area contributed by atoms with E-state index in [0.29, 0.717) is 4.85 Å². The Hall–Kier alpha value is -0.840. The van der Waals surface area contributed by atoms with Crippen LogP contribution in [0.1, 0.15) is 0 Å². The topological polar surface area (TPSA) is 84.6 Å². The summed E-state index contributed by atoms with van der Waals surface area (Å²) in [4.78, 5) is 17.1. The van der Waals surface area contributed by atoms with E-state index in [1.807, 2.05) is 0 Å². The Morgan fingerprint density at radius 1 is 1.60 bits per heavy atom. The number of hydrogen-bond acceptors (Lipinski definition) is 3. The van der Waals surface area contributed by atoms with E-state index in [-0.39, 0.29) is 0 Å². The van der Waals surface area contributed by atoms with Crippen LogP contribution in [0.5, 0.6) is 0 Å². The Kier molecular flexibility index (Phi) is 1.76. The first-order valence-electron chi connectivity index (χ1n) is 2.33. The molecule has 0 aliphatic heterocycles. The Morgan fingerprint density at radius 3 is 2.70 bits per heavy atom. The molecule has 0 amide bonds. The maximum atomic E-state index is 10.1. The first kappa shape index (κ1) is 7.27. The highest BCUT2D eigenvalue weighted by Crippen LogP contribution is 2.30. The van der Waals surface area contributed by atoms with Crippen molar-refractivity contribution in [1.82, 2.24) is 9.94 Å². The third-order valence-corrected chi connectivity index (χ3v) is 1.05. The Bertz CT molecular complexity index is 239. The lowest BCUT2D eigenvalue weighted by Crippen LogP contribution is -2.07. The third-order valence-electron chi connectivity index (χ3n) is 0.670. The molecule has 0 bridgehead atoms. The Balaban J connectivity index is 2.66. The summed E-state index contributed by atoms with van der Waals surface area (Å²) in [5, 5.41) is 3.40. The highest BCUT2D eigenvalue weighted by atomic mass is 31.2. The van der Waals surface area contributed by atoms with Crippen LogP contribution in [0.3, 0.4) is 0 Å². The minimum Gasteiger partial charge on any atom is -0.293 e. The van der Waals surface area contributed by atoms with Crippen molar-refractivity contribution in [3.8, 4) is 0 Å². The quantitative estimate of drug-likeness (QED) is 0.570. The zero-order valence-corrected chi connectivity index (χ0v) is 5.68. The lowest BCUT2D eigenvalue weighted by atomic mass is 10.8. The molecule has 0 radical (unpaired) electrons. The van der Waals surface area contributed by atoms with Crippen LogP contribution in [0.25, 0.3) is 0 Å². The second kappa shape index (κ2) is 2.42. The smallest absolute Gasteiger partial charge is 0.293 e. The van der Waals surface area contributed by atoms with Crippen LogP contribution in [0.2, 0.25) is 0 Å². The van der Waals surface area contributed by atoms with Gasteiger partial charge in [-0.1, -0.05) is 4.85 Å². The van der Waals surface area contributed by atoms with Gasteiger partial charge >= 0.3 is 7.82 Å². The number of rotatable bonds is 2. The fourth-order valence-corrected chi connectivity index (χ4v) is 0.727. The van der Waals surface area contributed by atoms with Gasteiger partial charge in [0, 0.05) is 0 Å². The van der Waals surface area contributed by atoms with Gasteiger partial charge in [0.25, 0.3) is 0 Å². The minimum absolute atomic E-state index is 0.695. The summed E-state index contributed by atoms with van der Waals surface area (Å²) in [7, 11) is -4.45. The Morgan fingerprint density at radius 2 is 2.30 bits per heavy atom. The van der Waals surface area contributed by atoms with E-state index in [1.54, 1.807) is 0 Å². The van der Waals surface area contributed by atoms with Gasteiger partial charge in [0.1, 0.15) is 0 Å². The molecule has 10 heavy (non-hydrogen) atoms. The van der Waals surface area contributed by atoms with Gasteiger partial charge in [0.15, 0.2) is 0 Å². The average molecular weight is 164 g/mol. The molecule has 1 rings (SSSR count). The zero-order valence-electron chi connectivity index (χ0n) is 4.78. The molecule has 0 aromatic carbocycles. The maximum Gasteiger partial charge on any atom is 0.545 e. The molecule has 0 saturated carbocycles. The minimum atomic E-state index is -4.45. The zero-order chi connectivity index (χ0) is 7.61. The van der Waals surface area contributed by atoms with Crippen molar-refractivity contribution in [3.05, 3.63) is 18.5 Å². The van der Waals surface area contributed by atoms with Crippen LogP contribution in [0, 0.1) is 0 Å². The monoisotopic (exact) mass is 164 g/mol. The third kappa shape index (κ3) is 2.18. The van der Waals surface area contributed by atoms with Gasteiger partial charge in [-0.25, -0.2) is 4.57 Å². The molecule has 6 nitrogen and oxygen atoms in total. The summed E-state index contributed by atoms with van der Waals surface area (Å²) in [5.74, 6) is 0. The van der Waals surface area contributed by atoms with E-state index in [4.69, 9.17) is 9.79 Å². The average Bonchev–Trinajstić information content (AvgIpc) is 2.12. The molecule has 7 heteroatoms. The molecule has 0 saturated heterocycles. The summed E-state index contributed by atoms with van der Waals surface area (Å²) < 4.78 is 14.1. The standard InChI is InChI=1S/C3H5N2O4P/c6-10(7,8)9-5-3-1-2-4-5/h1-3H,(H2,6,7,8). The van der Waals surface area contributed by atoms with E-state index < -0.39 is 7.82 Å². The predicted molar refractivity (Wildman–Crippen MR) is 30.9 cm³/mol. The Labute approximate surface area is 56.2 Å². The molecule has 0 spiro atoms. The predicted octanol–water partition coefficient (Wildman–Crippen LogP) is -0.596. The normalized spacial score (nSPS) is 11.4. The van der Waals surface area contributed by atoms with Gasteiger partial charge in [-0.05, 0) is 6.07 Å². The summed E-state index contributed by atoms with van der Waals surface area (Å²) in [6.07, 6.45) is 2.62. The van der Waals surface area contributed by atoms with Gasteiger partial charge in [-0.2, -0.15) is 0 Å². The van der Waals surface area contributed by atoms with Crippen LogP contribution in [0.4, 0.5) is 0 Å². The second-order valence-electron chi connectivity index (χ2n) is 1.48. The highest BCUT2D eigenvalue weighted by molar-refractivity contribution is 7.46. The fourth-order valence-electron chi connectivity index (χ4n) is 0.412. The van der Waals surface area contributed by atoms with Crippen LogP contribution in [-0.2, 0) is 4.57 Å². The molecule has 1 aromatic heterocycles. The van der Waals surface area contributed by atoms with E-state index in [9.17, 15) is 4.57 Å². The van der Waals surface area contributed by atoms with Crippen molar-refractivity contribution in [3.63, 3.8) is 0 Å². The molecule has 56 valence electrons. The van der Waals surface area contributed by atoms with Gasteiger partial charge in [-0.15, -0.1) is 5.10 Å². The first-order chi connectivity index (χ1) is 4.58. The van der Waals surface area contributed by atoms with Crippen molar-refractivity contribution in [2.45, 2.75) is 0 Å². The number of aromatic nitrogens is 2. The molecular weight excluding hydrogens is 159 g/mol. The lowest BCUT2D eigenvalue weighted by molar-refractivity contribution is 0.155. The second-order valence-corrected chi connectivity index (χ2v) is 2.63. The number of nitrogens with zero attached hydrogens (tertiary/aromatic N) is 2. The van der Waals surface area contributed by atoms with Crippen LogP contribution in [-0.4, -0.2) is 19.7 Å². The van der Waals surface area contributed by atoms with Crippen molar-refractivity contribution >= 4 is 7.82 Å². The number of hydrogen-bond donors (Lipinski definition) is 2. The molecular formula is C3H5N2O4P. The molecule has 1 aromatic rings. The van der Waals surface area contributed by atoms with Crippen LogP contribution in [0.15, 0.2) is 18.5 Å². The SMILES string of the molecule is O=P(O)(O)On1cccn1. The van der Waals surface area contributed by atoms with Gasteiger partial charge < -0.3 is 0 Å². The van der Waals surface area contributed by atoms with Gasteiger partial charge in [0.05, 0.1) is 12.4 Å². The molecule has 2 N–H and O–H groups in total. The van der Waals surface area contributed by atoms with Gasteiger partial charge in [0.2, 0.25) is 0 Å². The highest BCUT2D eigenvalue weighted by Gasteiger charge is 2.15. The van der Waals surface area contributed by atoms with Crippen LogP contribution >= 0.6 is 7.82 Å². The summed E-state index contributed by atoms with van der Waals surface area (Å²) in [5.41, 5.74) is 0. The fraction of sp³-hybridized carbons (Fsp3) is 0. The lowest BCUT2D eigenvalue weighted by Gasteiger charge is -2.02. The molecule has 0 unspecified atom stereocenters. The summed E-state index contributed by atoms with van der Waals surface area (Å²) in [6, 6.07) is 1.48. The van der Waals surface area contributed by atoms with E-state index in [1.165, 1.54) is 18.5 Å². The molecule has 0 aliphatic carbocycles. The van der Waals surface area contributed by atoms with Crippen molar-refractivity contribution in [2.24, 2.45) is 0 Å². The van der Waals surface area contributed by atoms with E-state index in [0.717, 1.165) is 0 Å². The maximum absolute atomic E-state index is 10.1.